The van der Waals surface area contributed by atoms with E-state index < -0.39 is 0 Å². The predicted octanol–water partition coefficient (Wildman–Crippen LogP) is 3.85. The first-order valence-electron chi connectivity index (χ1n) is 11.7. The van der Waals surface area contributed by atoms with Crippen LogP contribution in [-0.4, -0.2) is 62.2 Å². The molecule has 7 nitrogen and oxygen atoms in total. The van der Waals surface area contributed by atoms with E-state index >= 15 is 0 Å². The fourth-order valence-electron chi connectivity index (χ4n) is 3.77. The van der Waals surface area contributed by atoms with Gasteiger partial charge < -0.3 is 20.7 Å². The summed E-state index contributed by atoms with van der Waals surface area (Å²) < 4.78 is 5.53. The van der Waals surface area contributed by atoms with Crippen LogP contribution >= 0.6 is 24.0 Å². The number of nitrogens with one attached hydrogen (secondary N) is 3. The van der Waals surface area contributed by atoms with Gasteiger partial charge in [-0.3, -0.25) is 9.69 Å². The molecule has 0 aliphatic carbocycles. The SMILES string of the molecule is CCCC(=O)Nc1cccc(CN=C(NCC)NCC(CC(C)C)N2CCOCC2)c1.I. The maximum Gasteiger partial charge on any atom is 0.224 e. The first kappa shape index (κ1) is 28.6. The van der Waals surface area contributed by atoms with E-state index in [0.717, 1.165) is 69.4 Å². The average molecular weight is 560 g/mol. The molecule has 0 spiro atoms. The molecule has 1 amide bonds. The first-order valence-corrected chi connectivity index (χ1v) is 11.7. The minimum absolute atomic E-state index is 0. The van der Waals surface area contributed by atoms with E-state index in [9.17, 15) is 4.79 Å². The Bertz CT molecular complexity index is 693. The number of benzene rings is 1. The summed E-state index contributed by atoms with van der Waals surface area (Å²) in [4.78, 5) is 19.2. The van der Waals surface area contributed by atoms with Gasteiger partial charge in [-0.05, 0) is 43.4 Å². The van der Waals surface area contributed by atoms with Crippen molar-refractivity contribution in [2.75, 3.05) is 44.7 Å². The molecule has 8 heteroatoms. The number of guanidine groups is 1. The van der Waals surface area contributed by atoms with Gasteiger partial charge >= 0.3 is 0 Å². The lowest BCUT2D eigenvalue weighted by molar-refractivity contribution is -0.116. The number of carbonyl (C=O) groups is 1. The van der Waals surface area contributed by atoms with Crippen molar-refractivity contribution >= 4 is 41.5 Å². The number of morpholine rings is 1. The van der Waals surface area contributed by atoms with E-state index in [1.807, 2.05) is 31.2 Å². The number of hydrogen-bond donors (Lipinski definition) is 3. The van der Waals surface area contributed by atoms with E-state index in [0.29, 0.717) is 24.9 Å². The van der Waals surface area contributed by atoms with E-state index in [2.05, 4.69) is 41.6 Å². The summed E-state index contributed by atoms with van der Waals surface area (Å²) in [6.45, 7) is 14.5. The molecule has 1 atom stereocenters. The molecule has 3 N–H and O–H groups in total. The molecule has 1 unspecified atom stereocenters. The lowest BCUT2D eigenvalue weighted by Crippen LogP contribution is -2.51. The number of aliphatic imine (C=N–C) groups is 1. The molecule has 0 radical (unpaired) electrons. The van der Waals surface area contributed by atoms with Crippen molar-refractivity contribution < 1.29 is 9.53 Å². The van der Waals surface area contributed by atoms with Gasteiger partial charge in [-0.25, -0.2) is 4.99 Å². The topological polar surface area (TPSA) is 78.0 Å². The minimum atomic E-state index is 0. The lowest BCUT2D eigenvalue weighted by atomic mass is 10.0. The third kappa shape index (κ3) is 11.0. The minimum Gasteiger partial charge on any atom is -0.379 e. The number of carbonyl (C=O) groups excluding carboxylic acids is 1. The molecule has 32 heavy (non-hydrogen) atoms. The number of hydrogen-bond acceptors (Lipinski definition) is 4. The molecule has 0 aromatic heterocycles. The van der Waals surface area contributed by atoms with Crippen molar-refractivity contribution in [3.8, 4) is 0 Å². The van der Waals surface area contributed by atoms with Crippen molar-refractivity contribution in [3.63, 3.8) is 0 Å². The molecule has 0 saturated carbocycles. The van der Waals surface area contributed by atoms with Crippen molar-refractivity contribution in [1.82, 2.24) is 15.5 Å². The Morgan fingerprint density at radius 2 is 1.94 bits per heavy atom. The first-order chi connectivity index (χ1) is 15.0. The summed E-state index contributed by atoms with van der Waals surface area (Å²) >= 11 is 0. The number of ether oxygens (including phenoxy) is 1. The molecule has 0 bridgehead atoms. The van der Waals surface area contributed by atoms with Gasteiger partial charge in [-0.2, -0.15) is 0 Å². The maximum absolute atomic E-state index is 11.9. The van der Waals surface area contributed by atoms with Gasteiger partial charge in [0.25, 0.3) is 0 Å². The second-order valence-electron chi connectivity index (χ2n) is 8.51. The van der Waals surface area contributed by atoms with Gasteiger partial charge in [0, 0.05) is 44.3 Å². The Labute approximate surface area is 211 Å². The van der Waals surface area contributed by atoms with Crippen LogP contribution < -0.4 is 16.0 Å². The van der Waals surface area contributed by atoms with E-state index in [-0.39, 0.29) is 29.9 Å². The monoisotopic (exact) mass is 559 g/mol. The molecule has 182 valence electrons. The number of amides is 1. The zero-order chi connectivity index (χ0) is 22.5. The van der Waals surface area contributed by atoms with Crippen LogP contribution in [0.5, 0.6) is 0 Å². The molecule has 1 saturated heterocycles. The average Bonchev–Trinajstić information content (AvgIpc) is 2.75. The normalized spacial score (nSPS) is 15.7. The molecular weight excluding hydrogens is 517 g/mol. The van der Waals surface area contributed by atoms with Gasteiger partial charge in [-0.15, -0.1) is 24.0 Å². The van der Waals surface area contributed by atoms with Crippen LogP contribution in [0.3, 0.4) is 0 Å². The van der Waals surface area contributed by atoms with Crippen molar-refractivity contribution in [2.45, 2.75) is 59.5 Å². The molecule has 1 aliphatic heterocycles. The fourth-order valence-corrected chi connectivity index (χ4v) is 3.77. The summed E-state index contributed by atoms with van der Waals surface area (Å²) in [5, 5.41) is 9.85. The van der Waals surface area contributed by atoms with Crippen LogP contribution in [0.2, 0.25) is 0 Å². The van der Waals surface area contributed by atoms with Gasteiger partial charge in [0.05, 0.1) is 19.8 Å². The van der Waals surface area contributed by atoms with Gasteiger partial charge in [0.2, 0.25) is 5.91 Å². The molecule has 1 aliphatic rings. The van der Waals surface area contributed by atoms with E-state index in [1.165, 1.54) is 0 Å². The number of anilines is 1. The van der Waals surface area contributed by atoms with Crippen molar-refractivity contribution in [2.24, 2.45) is 10.9 Å². The largest absolute Gasteiger partial charge is 0.379 e. The Morgan fingerprint density at radius 3 is 2.59 bits per heavy atom. The highest BCUT2D eigenvalue weighted by Gasteiger charge is 2.22. The highest BCUT2D eigenvalue weighted by molar-refractivity contribution is 14.0. The summed E-state index contributed by atoms with van der Waals surface area (Å²) in [6.07, 6.45) is 2.53. The molecule has 1 aromatic carbocycles. The van der Waals surface area contributed by atoms with E-state index in [1.54, 1.807) is 0 Å². The number of nitrogens with zero attached hydrogens (tertiary/aromatic N) is 2. The lowest BCUT2D eigenvalue weighted by Gasteiger charge is -2.35. The zero-order valence-corrected chi connectivity index (χ0v) is 22.5. The second-order valence-corrected chi connectivity index (χ2v) is 8.51. The highest BCUT2D eigenvalue weighted by Crippen LogP contribution is 2.14. The van der Waals surface area contributed by atoms with Crippen molar-refractivity contribution in [3.05, 3.63) is 29.8 Å². The third-order valence-corrected chi connectivity index (χ3v) is 5.26. The Morgan fingerprint density at radius 1 is 1.19 bits per heavy atom. The molecule has 2 rings (SSSR count). The van der Waals surface area contributed by atoms with Crippen LogP contribution in [-0.2, 0) is 16.1 Å². The standard InChI is InChI=1S/C24H41N5O2.HI/c1-5-8-23(30)28-21-10-7-9-20(16-21)17-26-24(25-6-2)27-18-22(15-19(3)4)29-11-13-31-14-12-29;/h7,9-10,16,19,22H,5-6,8,11-15,17-18H2,1-4H3,(H,28,30)(H2,25,26,27);1H. The molecule has 1 fully saturated rings. The molecular formula is C24H42IN5O2. The Balaban J connectivity index is 0.00000512. The summed E-state index contributed by atoms with van der Waals surface area (Å²) in [5.41, 5.74) is 1.90. The highest BCUT2D eigenvalue weighted by atomic mass is 127. The fraction of sp³-hybridized carbons (Fsp3) is 0.667. The Kier molecular flexibility index (Phi) is 14.6. The number of halogens is 1. The predicted molar refractivity (Wildman–Crippen MR) is 144 cm³/mol. The van der Waals surface area contributed by atoms with Crippen LogP contribution in [0.4, 0.5) is 5.69 Å². The smallest absolute Gasteiger partial charge is 0.224 e. The van der Waals surface area contributed by atoms with E-state index in [4.69, 9.17) is 9.73 Å². The summed E-state index contributed by atoms with van der Waals surface area (Å²) in [5.74, 6) is 1.52. The zero-order valence-electron chi connectivity index (χ0n) is 20.2. The Hall–Kier alpha value is -1.39. The molecule has 1 aromatic rings. The van der Waals surface area contributed by atoms with Crippen LogP contribution in [0.1, 0.15) is 52.5 Å². The van der Waals surface area contributed by atoms with Crippen molar-refractivity contribution in [1.29, 1.82) is 0 Å². The quantitative estimate of drug-likeness (QED) is 0.218. The van der Waals surface area contributed by atoms with Crippen LogP contribution in [0, 0.1) is 5.92 Å². The molecule has 1 heterocycles. The summed E-state index contributed by atoms with van der Waals surface area (Å²) in [7, 11) is 0. The second kappa shape index (κ2) is 16.3. The third-order valence-electron chi connectivity index (χ3n) is 5.26. The van der Waals surface area contributed by atoms with Crippen LogP contribution in [0.15, 0.2) is 29.3 Å². The number of rotatable bonds is 11. The van der Waals surface area contributed by atoms with Gasteiger partial charge in [0.1, 0.15) is 0 Å². The van der Waals surface area contributed by atoms with Gasteiger partial charge in [0.15, 0.2) is 5.96 Å². The van der Waals surface area contributed by atoms with Crippen LogP contribution in [0.25, 0.3) is 0 Å². The van der Waals surface area contributed by atoms with Gasteiger partial charge in [-0.1, -0.05) is 32.9 Å². The summed E-state index contributed by atoms with van der Waals surface area (Å²) in [6, 6.07) is 8.38. The maximum atomic E-state index is 11.9.